The highest BCUT2D eigenvalue weighted by molar-refractivity contribution is 5.59. The summed E-state index contributed by atoms with van der Waals surface area (Å²) in [5.41, 5.74) is 3.54. The highest BCUT2D eigenvalue weighted by Crippen LogP contribution is 2.32. The third-order valence-electron chi connectivity index (χ3n) is 4.01. The van der Waals surface area contributed by atoms with Crippen LogP contribution in [0.15, 0.2) is 30.5 Å². The van der Waals surface area contributed by atoms with Gasteiger partial charge in [-0.15, -0.1) is 0 Å². The minimum absolute atomic E-state index is 0.109. The van der Waals surface area contributed by atoms with Crippen LogP contribution in [0.4, 0.5) is 0 Å². The Morgan fingerprint density at radius 1 is 1.21 bits per heavy atom. The molecule has 0 radical (unpaired) electrons. The first kappa shape index (κ1) is 12.4. The van der Waals surface area contributed by atoms with E-state index in [0.29, 0.717) is 5.92 Å². The van der Waals surface area contributed by atoms with Gasteiger partial charge in [-0.1, -0.05) is 23.8 Å². The number of hydrogen-bond acceptors (Lipinski definition) is 2. The van der Waals surface area contributed by atoms with Gasteiger partial charge in [0.1, 0.15) is 5.82 Å². The van der Waals surface area contributed by atoms with E-state index in [0.717, 1.165) is 37.2 Å². The molecule has 1 aliphatic rings. The van der Waals surface area contributed by atoms with Gasteiger partial charge in [0.2, 0.25) is 0 Å². The largest absolute Gasteiger partial charge is 0.393 e. The molecule has 3 rings (SSSR count). The van der Waals surface area contributed by atoms with Gasteiger partial charge >= 0.3 is 0 Å². The third-order valence-corrected chi connectivity index (χ3v) is 4.01. The number of hydrogen-bond donors (Lipinski definition) is 2. The fourth-order valence-electron chi connectivity index (χ4n) is 2.85. The number of nitrogens with zero attached hydrogens (tertiary/aromatic N) is 1. The summed E-state index contributed by atoms with van der Waals surface area (Å²) in [6.07, 6.45) is 5.66. The molecule has 1 fully saturated rings. The zero-order valence-electron chi connectivity index (χ0n) is 11.3. The van der Waals surface area contributed by atoms with Crippen molar-refractivity contribution in [3.05, 3.63) is 41.9 Å². The first-order valence-electron chi connectivity index (χ1n) is 7.02. The molecule has 0 unspecified atom stereocenters. The van der Waals surface area contributed by atoms with E-state index in [1.807, 2.05) is 6.20 Å². The van der Waals surface area contributed by atoms with Crippen molar-refractivity contribution < 1.29 is 5.11 Å². The van der Waals surface area contributed by atoms with Gasteiger partial charge in [-0.2, -0.15) is 0 Å². The number of aromatic nitrogens is 2. The second-order valence-corrected chi connectivity index (χ2v) is 5.56. The molecule has 1 heterocycles. The minimum Gasteiger partial charge on any atom is -0.393 e. The zero-order valence-corrected chi connectivity index (χ0v) is 11.3. The summed E-state index contributed by atoms with van der Waals surface area (Å²) in [7, 11) is 0. The standard InChI is InChI=1S/C16H20N2O/c1-11-3-2-4-13(9-11)15-10-17-16(18-15)12-5-7-14(19)8-6-12/h2-4,9-10,12,14,19H,5-8H2,1H3,(H,17,18). The number of nitrogens with one attached hydrogen (secondary N) is 1. The Balaban J connectivity index is 1.80. The maximum Gasteiger partial charge on any atom is 0.109 e. The van der Waals surface area contributed by atoms with Crippen LogP contribution in [0.2, 0.25) is 0 Å². The number of benzene rings is 1. The molecule has 100 valence electrons. The SMILES string of the molecule is Cc1cccc(-c2cnc(C3CCC(O)CC3)[nH]2)c1. The average Bonchev–Trinajstić information content (AvgIpc) is 2.89. The van der Waals surface area contributed by atoms with E-state index in [1.165, 1.54) is 11.1 Å². The smallest absolute Gasteiger partial charge is 0.109 e. The molecule has 1 aromatic carbocycles. The van der Waals surface area contributed by atoms with Crippen molar-refractivity contribution in [3.8, 4) is 11.3 Å². The summed E-state index contributed by atoms with van der Waals surface area (Å²) in [5, 5.41) is 9.56. The van der Waals surface area contributed by atoms with Crippen LogP contribution in [0.25, 0.3) is 11.3 Å². The fourth-order valence-corrected chi connectivity index (χ4v) is 2.85. The first-order valence-corrected chi connectivity index (χ1v) is 7.02. The molecule has 1 aliphatic carbocycles. The lowest BCUT2D eigenvalue weighted by Gasteiger charge is -2.23. The lowest BCUT2D eigenvalue weighted by molar-refractivity contribution is 0.121. The Labute approximate surface area is 113 Å². The predicted molar refractivity (Wildman–Crippen MR) is 76.0 cm³/mol. The summed E-state index contributed by atoms with van der Waals surface area (Å²) in [4.78, 5) is 7.98. The predicted octanol–water partition coefficient (Wildman–Crippen LogP) is 3.40. The molecule has 3 heteroatoms. The van der Waals surface area contributed by atoms with Gasteiger partial charge < -0.3 is 10.1 Å². The fraction of sp³-hybridized carbons (Fsp3) is 0.438. The monoisotopic (exact) mass is 256 g/mol. The highest BCUT2D eigenvalue weighted by atomic mass is 16.3. The van der Waals surface area contributed by atoms with Gasteiger partial charge in [-0.05, 0) is 44.2 Å². The molecule has 0 amide bonds. The lowest BCUT2D eigenvalue weighted by atomic mass is 9.87. The summed E-state index contributed by atoms with van der Waals surface area (Å²) in [5.74, 6) is 1.55. The van der Waals surface area contributed by atoms with Gasteiger partial charge in [0.05, 0.1) is 18.0 Å². The summed E-state index contributed by atoms with van der Waals surface area (Å²) < 4.78 is 0. The Morgan fingerprint density at radius 2 is 2.00 bits per heavy atom. The normalized spacial score (nSPS) is 23.5. The molecule has 0 bridgehead atoms. The summed E-state index contributed by atoms with van der Waals surface area (Å²) in [6, 6.07) is 8.45. The minimum atomic E-state index is -0.109. The Morgan fingerprint density at radius 3 is 2.74 bits per heavy atom. The molecular formula is C16H20N2O. The maximum absolute atomic E-state index is 9.56. The number of aliphatic hydroxyl groups excluding tert-OH is 1. The molecule has 1 saturated carbocycles. The molecular weight excluding hydrogens is 236 g/mol. The van der Waals surface area contributed by atoms with Crippen molar-refractivity contribution in [3.63, 3.8) is 0 Å². The topological polar surface area (TPSA) is 48.9 Å². The molecule has 19 heavy (non-hydrogen) atoms. The summed E-state index contributed by atoms with van der Waals surface area (Å²) >= 11 is 0. The molecule has 1 aromatic heterocycles. The van der Waals surface area contributed by atoms with Crippen LogP contribution in [0.5, 0.6) is 0 Å². The Bertz CT molecular complexity index is 553. The van der Waals surface area contributed by atoms with Crippen LogP contribution in [0, 0.1) is 6.92 Å². The number of H-pyrrole nitrogens is 1. The van der Waals surface area contributed by atoms with Crippen molar-refractivity contribution in [2.75, 3.05) is 0 Å². The number of aromatic amines is 1. The van der Waals surface area contributed by atoms with Crippen LogP contribution in [0.1, 0.15) is 43.0 Å². The van der Waals surface area contributed by atoms with E-state index in [1.54, 1.807) is 0 Å². The average molecular weight is 256 g/mol. The second-order valence-electron chi connectivity index (χ2n) is 5.56. The Hall–Kier alpha value is -1.61. The van der Waals surface area contributed by atoms with Crippen LogP contribution >= 0.6 is 0 Å². The highest BCUT2D eigenvalue weighted by Gasteiger charge is 2.22. The van der Waals surface area contributed by atoms with Gasteiger partial charge in [-0.25, -0.2) is 4.98 Å². The molecule has 2 N–H and O–H groups in total. The van der Waals surface area contributed by atoms with E-state index in [2.05, 4.69) is 41.2 Å². The van der Waals surface area contributed by atoms with Crippen molar-refractivity contribution in [2.24, 2.45) is 0 Å². The molecule has 0 aliphatic heterocycles. The Kier molecular flexibility index (Phi) is 3.38. The van der Waals surface area contributed by atoms with Crippen LogP contribution < -0.4 is 0 Å². The van der Waals surface area contributed by atoms with E-state index < -0.39 is 0 Å². The van der Waals surface area contributed by atoms with Crippen molar-refractivity contribution in [1.82, 2.24) is 9.97 Å². The van der Waals surface area contributed by atoms with E-state index >= 15 is 0 Å². The van der Waals surface area contributed by atoms with Gasteiger partial charge in [0, 0.05) is 5.92 Å². The molecule has 3 nitrogen and oxygen atoms in total. The number of imidazole rings is 1. The van der Waals surface area contributed by atoms with Crippen LogP contribution in [-0.2, 0) is 0 Å². The van der Waals surface area contributed by atoms with Gasteiger partial charge in [0.15, 0.2) is 0 Å². The van der Waals surface area contributed by atoms with Crippen molar-refractivity contribution in [1.29, 1.82) is 0 Å². The van der Waals surface area contributed by atoms with E-state index in [4.69, 9.17) is 0 Å². The maximum atomic E-state index is 9.56. The number of aliphatic hydroxyl groups is 1. The van der Waals surface area contributed by atoms with E-state index in [-0.39, 0.29) is 6.10 Å². The molecule has 0 spiro atoms. The molecule has 2 aromatic rings. The zero-order chi connectivity index (χ0) is 13.2. The molecule has 0 saturated heterocycles. The number of rotatable bonds is 2. The quantitative estimate of drug-likeness (QED) is 0.865. The van der Waals surface area contributed by atoms with Crippen LogP contribution in [-0.4, -0.2) is 21.2 Å². The lowest BCUT2D eigenvalue weighted by Crippen LogP contribution is -2.17. The molecule has 0 atom stereocenters. The summed E-state index contributed by atoms with van der Waals surface area (Å²) in [6.45, 7) is 2.10. The number of aryl methyl sites for hydroxylation is 1. The van der Waals surface area contributed by atoms with Crippen molar-refractivity contribution >= 4 is 0 Å². The van der Waals surface area contributed by atoms with Crippen LogP contribution in [0.3, 0.4) is 0 Å². The van der Waals surface area contributed by atoms with Gasteiger partial charge in [-0.3, -0.25) is 0 Å². The third kappa shape index (κ3) is 2.71. The van der Waals surface area contributed by atoms with E-state index in [9.17, 15) is 5.11 Å². The van der Waals surface area contributed by atoms with Crippen molar-refractivity contribution in [2.45, 2.75) is 44.6 Å². The first-order chi connectivity index (χ1) is 9.22. The van der Waals surface area contributed by atoms with Gasteiger partial charge in [0.25, 0.3) is 0 Å². The second kappa shape index (κ2) is 5.17.